The van der Waals surface area contributed by atoms with Crippen molar-refractivity contribution in [3.63, 3.8) is 0 Å². The van der Waals surface area contributed by atoms with Gasteiger partial charge in [0.2, 0.25) is 0 Å². The van der Waals surface area contributed by atoms with Crippen LogP contribution in [0.4, 0.5) is 8.78 Å². The molecule has 0 saturated carbocycles. The first-order chi connectivity index (χ1) is 6.59. The van der Waals surface area contributed by atoms with Crippen molar-refractivity contribution < 1.29 is 8.78 Å². The van der Waals surface area contributed by atoms with Gasteiger partial charge in [0.15, 0.2) is 0 Å². The van der Waals surface area contributed by atoms with E-state index in [0.717, 1.165) is 0 Å². The zero-order chi connectivity index (χ0) is 10.6. The van der Waals surface area contributed by atoms with E-state index < -0.39 is 6.43 Å². The van der Waals surface area contributed by atoms with Crippen LogP contribution in [0.2, 0.25) is 0 Å². The van der Waals surface area contributed by atoms with E-state index in [-0.39, 0.29) is 5.69 Å². The van der Waals surface area contributed by atoms with Gasteiger partial charge >= 0.3 is 0 Å². The van der Waals surface area contributed by atoms with Gasteiger partial charge in [0.1, 0.15) is 11.4 Å². The Morgan fingerprint density at radius 2 is 2.29 bits per heavy atom. The van der Waals surface area contributed by atoms with E-state index in [1.165, 1.54) is 6.07 Å². The third kappa shape index (κ3) is 3.15. The highest BCUT2D eigenvalue weighted by molar-refractivity contribution is 5.28. The van der Waals surface area contributed by atoms with Crippen molar-refractivity contribution in [1.29, 1.82) is 0 Å². The number of nitrogens with zero attached hydrogens (tertiary/aromatic N) is 2. The Kier molecular flexibility index (Phi) is 3.60. The van der Waals surface area contributed by atoms with Gasteiger partial charge in [-0.2, -0.15) is 5.10 Å². The third-order valence-corrected chi connectivity index (χ3v) is 1.44. The van der Waals surface area contributed by atoms with Crippen LogP contribution in [0.15, 0.2) is 6.07 Å². The van der Waals surface area contributed by atoms with Crippen LogP contribution >= 0.6 is 0 Å². The van der Waals surface area contributed by atoms with Gasteiger partial charge in [-0.1, -0.05) is 5.92 Å². The lowest BCUT2D eigenvalue weighted by molar-refractivity contribution is 0.146. The zero-order valence-electron chi connectivity index (χ0n) is 8.01. The van der Waals surface area contributed by atoms with E-state index in [2.05, 4.69) is 22.0 Å². The van der Waals surface area contributed by atoms with Gasteiger partial charge < -0.3 is 0 Å². The van der Waals surface area contributed by atoms with Gasteiger partial charge in [-0.25, -0.2) is 8.78 Å². The number of hydrogen-bond donors (Lipinski definition) is 1. The van der Waals surface area contributed by atoms with E-state index in [0.29, 0.717) is 12.2 Å². The van der Waals surface area contributed by atoms with Crippen molar-refractivity contribution in [3.8, 4) is 11.8 Å². The minimum absolute atomic E-state index is 0.265. The number of rotatable bonds is 2. The van der Waals surface area contributed by atoms with Gasteiger partial charge in [-0.05, 0) is 20.0 Å². The maximum Gasteiger partial charge on any atom is 0.282 e. The number of H-pyrrole nitrogens is 1. The monoisotopic (exact) mass is 199 g/mol. The summed E-state index contributed by atoms with van der Waals surface area (Å²) in [5.41, 5.74) is 0.154. The predicted molar refractivity (Wildman–Crippen MR) is 49.0 cm³/mol. The van der Waals surface area contributed by atoms with Gasteiger partial charge in [-0.3, -0.25) is 10.00 Å². The molecule has 14 heavy (non-hydrogen) atoms. The summed E-state index contributed by atoms with van der Waals surface area (Å²) in [6.07, 6.45) is -2.55. The normalized spacial score (nSPS) is 10.4. The maximum absolute atomic E-state index is 12.1. The minimum atomic E-state index is -2.55. The van der Waals surface area contributed by atoms with Crippen molar-refractivity contribution in [2.45, 2.75) is 6.43 Å². The first kappa shape index (κ1) is 10.7. The number of halogens is 2. The van der Waals surface area contributed by atoms with Crippen molar-refractivity contribution in [3.05, 3.63) is 17.5 Å². The molecule has 3 nitrogen and oxygen atoms in total. The second kappa shape index (κ2) is 4.72. The Morgan fingerprint density at radius 1 is 1.57 bits per heavy atom. The standard InChI is InChI=1S/C9H11F2N3/c1-14(2)5-3-4-7-6-8(9(10)11)13-12-7/h6,9H,5H2,1-2H3,(H,12,13). The Hall–Kier alpha value is -1.41. The van der Waals surface area contributed by atoms with Crippen LogP contribution in [0.25, 0.3) is 0 Å². The van der Waals surface area contributed by atoms with Crippen LogP contribution < -0.4 is 0 Å². The molecule has 0 spiro atoms. The molecule has 1 rings (SSSR count). The molecule has 1 heterocycles. The molecule has 1 N–H and O–H groups in total. The highest BCUT2D eigenvalue weighted by atomic mass is 19.3. The number of aromatic nitrogens is 2. The summed E-state index contributed by atoms with van der Waals surface area (Å²) in [5, 5.41) is 5.86. The number of nitrogens with one attached hydrogen (secondary N) is 1. The number of alkyl halides is 2. The van der Waals surface area contributed by atoms with Gasteiger partial charge in [0, 0.05) is 6.07 Å². The molecule has 0 unspecified atom stereocenters. The molecular weight excluding hydrogens is 188 g/mol. The molecule has 0 radical (unpaired) electrons. The topological polar surface area (TPSA) is 31.9 Å². The minimum Gasteiger partial charge on any atom is -0.299 e. The Morgan fingerprint density at radius 3 is 2.79 bits per heavy atom. The second-order valence-corrected chi connectivity index (χ2v) is 3.05. The maximum atomic E-state index is 12.1. The molecule has 0 saturated heterocycles. The second-order valence-electron chi connectivity index (χ2n) is 3.05. The van der Waals surface area contributed by atoms with Crippen molar-refractivity contribution in [2.75, 3.05) is 20.6 Å². The van der Waals surface area contributed by atoms with Crippen molar-refractivity contribution in [1.82, 2.24) is 15.1 Å². The first-order valence-electron chi connectivity index (χ1n) is 4.06. The molecule has 1 aromatic heterocycles. The fourth-order valence-corrected chi connectivity index (χ4v) is 0.806. The van der Waals surface area contributed by atoms with E-state index in [1.807, 2.05) is 19.0 Å². The van der Waals surface area contributed by atoms with E-state index >= 15 is 0 Å². The molecule has 1 aromatic rings. The number of aromatic amines is 1. The highest BCUT2D eigenvalue weighted by Crippen LogP contribution is 2.15. The SMILES string of the molecule is CN(C)CC#Cc1cc(C(F)F)n[nH]1. The molecule has 5 heteroatoms. The lowest BCUT2D eigenvalue weighted by atomic mass is 10.3. The van der Waals surface area contributed by atoms with Crippen LogP contribution in [-0.4, -0.2) is 35.7 Å². The summed E-state index contributed by atoms with van der Waals surface area (Å²) in [4.78, 5) is 1.89. The molecule has 0 aromatic carbocycles. The molecule has 0 atom stereocenters. The molecule has 0 amide bonds. The average molecular weight is 199 g/mol. The summed E-state index contributed by atoms with van der Waals surface area (Å²) >= 11 is 0. The van der Waals surface area contributed by atoms with Crippen LogP contribution in [0, 0.1) is 11.8 Å². The molecular formula is C9H11F2N3. The van der Waals surface area contributed by atoms with E-state index in [9.17, 15) is 8.78 Å². The Balaban J connectivity index is 2.62. The molecule has 0 fully saturated rings. The fraction of sp³-hybridized carbons (Fsp3) is 0.444. The summed E-state index contributed by atoms with van der Waals surface area (Å²) in [6, 6.07) is 1.26. The lowest BCUT2D eigenvalue weighted by Gasteiger charge is -2.00. The van der Waals surface area contributed by atoms with Crippen LogP contribution in [0.3, 0.4) is 0 Å². The molecule has 76 valence electrons. The highest BCUT2D eigenvalue weighted by Gasteiger charge is 2.09. The van der Waals surface area contributed by atoms with Gasteiger partial charge in [0.25, 0.3) is 6.43 Å². The van der Waals surface area contributed by atoms with E-state index in [4.69, 9.17) is 0 Å². The summed E-state index contributed by atoms with van der Waals surface area (Å²) in [6.45, 7) is 0.586. The van der Waals surface area contributed by atoms with Gasteiger partial charge in [-0.15, -0.1) is 0 Å². The summed E-state index contributed by atoms with van der Waals surface area (Å²) in [7, 11) is 3.76. The Labute approximate surface area is 81.1 Å². The number of hydrogen-bond acceptors (Lipinski definition) is 2. The van der Waals surface area contributed by atoms with Crippen LogP contribution in [0.1, 0.15) is 17.8 Å². The van der Waals surface area contributed by atoms with Crippen LogP contribution in [-0.2, 0) is 0 Å². The lowest BCUT2D eigenvalue weighted by Crippen LogP contribution is -2.10. The van der Waals surface area contributed by atoms with Crippen molar-refractivity contribution in [2.24, 2.45) is 0 Å². The third-order valence-electron chi connectivity index (χ3n) is 1.44. The zero-order valence-corrected chi connectivity index (χ0v) is 8.01. The van der Waals surface area contributed by atoms with E-state index in [1.54, 1.807) is 0 Å². The predicted octanol–water partition coefficient (Wildman–Crippen LogP) is 1.26. The quantitative estimate of drug-likeness (QED) is 0.727. The molecule has 0 bridgehead atoms. The van der Waals surface area contributed by atoms with Crippen LogP contribution in [0.5, 0.6) is 0 Å². The largest absolute Gasteiger partial charge is 0.299 e. The summed E-state index contributed by atoms with van der Waals surface area (Å²) < 4.78 is 24.2. The summed E-state index contributed by atoms with van der Waals surface area (Å²) in [5.74, 6) is 5.52. The molecule has 0 aliphatic carbocycles. The molecule has 0 aliphatic rings. The fourth-order valence-electron chi connectivity index (χ4n) is 0.806. The smallest absolute Gasteiger partial charge is 0.282 e. The van der Waals surface area contributed by atoms with Crippen molar-refractivity contribution >= 4 is 0 Å². The first-order valence-corrected chi connectivity index (χ1v) is 4.06. The van der Waals surface area contributed by atoms with Gasteiger partial charge in [0.05, 0.1) is 6.54 Å². The Bertz CT molecular complexity index is 346. The molecule has 0 aliphatic heterocycles. The average Bonchev–Trinajstić information content (AvgIpc) is 2.52.